The predicted molar refractivity (Wildman–Crippen MR) is 89.2 cm³/mol. The Morgan fingerprint density at radius 1 is 1.35 bits per heavy atom. The summed E-state index contributed by atoms with van der Waals surface area (Å²) in [6, 6.07) is 8.10. The van der Waals surface area contributed by atoms with Crippen LogP contribution in [-0.2, 0) is 11.8 Å². The fourth-order valence-corrected chi connectivity index (χ4v) is 3.97. The number of rotatable bonds is 3. The summed E-state index contributed by atoms with van der Waals surface area (Å²) in [6.45, 7) is 0.858. The van der Waals surface area contributed by atoms with Gasteiger partial charge in [-0.15, -0.1) is 0 Å². The van der Waals surface area contributed by atoms with Gasteiger partial charge in [0.1, 0.15) is 0 Å². The van der Waals surface area contributed by atoms with Gasteiger partial charge in [-0.25, -0.2) is 0 Å². The fourth-order valence-electron chi connectivity index (χ4n) is 3.78. The highest BCUT2D eigenvalue weighted by Crippen LogP contribution is 2.50. The highest BCUT2D eigenvalue weighted by Gasteiger charge is 2.47. The monoisotopic (exact) mass is 329 g/mol. The van der Waals surface area contributed by atoms with Crippen molar-refractivity contribution in [3.63, 3.8) is 0 Å². The summed E-state index contributed by atoms with van der Waals surface area (Å²) < 4.78 is 1.81. The molecule has 1 aliphatic heterocycles. The summed E-state index contributed by atoms with van der Waals surface area (Å²) in [5.74, 6) is 0.739. The van der Waals surface area contributed by atoms with E-state index in [0.717, 1.165) is 36.4 Å². The Labute approximate surface area is 141 Å². The number of aromatic nitrogens is 2. The number of benzene rings is 1. The molecular weight excluding hydrogens is 310 g/mol. The van der Waals surface area contributed by atoms with Crippen molar-refractivity contribution >= 4 is 17.5 Å². The molecule has 1 saturated heterocycles. The van der Waals surface area contributed by atoms with Crippen molar-refractivity contribution in [1.82, 2.24) is 14.7 Å². The van der Waals surface area contributed by atoms with Gasteiger partial charge in [0.15, 0.2) is 0 Å². The molecule has 0 bridgehead atoms. The predicted octanol–water partition coefficient (Wildman–Crippen LogP) is 3.54. The van der Waals surface area contributed by atoms with E-state index >= 15 is 0 Å². The lowest BCUT2D eigenvalue weighted by Crippen LogP contribution is -2.32. The Hall–Kier alpha value is -1.81. The van der Waals surface area contributed by atoms with Crippen LogP contribution in [-0.4, -0.2) is 27.1 Å². The Balaban J connectivity index is 1.49. The first-order chi connectivity index (χ1) is 11.1. The zero-order chi connectivity index (χ0) is 16.0. The van der Waals surface area contributed by atoms with Crippen molar-refractivity contribution in [2.24, 2.45) is 13.0 Å². The lowest BCUT2D eigenvalue weighted by Gasteiger charge is -2.24. The average Bonchev–Trinajstić information content (AvgIpc) is 2.97. The van der Waals surface area contributed by atoms with Crippen LogP contribution in [0.1, 0.15) is 42.3 Å². The summed E-state index contributed by atoms with van der Waals surface area (Å²) >= 11 is 6.07. The third-order valence-corrected chi connectivity index (χ3v) is 5.27. The zero-order valence-electron chi connectivity index (χ0n) is 13.2. The topological polar surface area (TPSA) is 38.1 Å². The van der Waals surface area contributed by atoms with E-state index in [0.29, 0.717) is 11.8 Å². The molecule has 2 heterocycles. The van der Waals surface area contributed by atoms with Crippen LogP contribution in [0.15, 0.2) is 36.7 Å². The molecule has 2 aliphatic rings. The largest absolute Gasteiger partial charge is 0.335 e. The van der Waals surface area contributed by atoms with Gasteiger partial charge >= 0.3 is 0 Å². The van der Waals surface area contributed by atoms with Crippen molar-refractivity contribution < 1.29 is 4.79 Å². The standard InChI is InChI=1S/C18H20ClN3O/c1-21-11-13(10-20-21)17-6-3-7-22(17)18(23)16-9-15(16)12-4-2-5-14(19)8-12/h2,4-5,8,10-11,15-17H,3,6-7,9H2,1H3/t15-,16-,17-/m0/s1. The van der Waals surface area contributed by atoms with Crippen LogP contribution in [0.3, 0.4) is 0 Å². The molecule has 1 saturated carbocycles. The molecule has 1 aliphatic carbocycles. The second-order valence-corrected chi connectivity index (χ2v) is 7.08. The maximum Gasteiger partial charge on any atom is 0.226 e. The zero-order valence-corrected chi connectivity index (χ0v) is 13.9. The van der Waals surface area contributed by atoms with Crippen molar-refractivity contribution in [3.05, 3.63) is 52.8 Å². The van der Waals surface area contributed by atoms with E-state index in [9.17, 15) is 4.79 Å². The first-order valence-corrected chi connectivity index (χ1v) is 8.56. The van der Waals surface area contributed by atoms with Gasteiger partial charge in [-0.2, -0.15) is 5.10 Å². The molecule has 23 heavy (non-hydrogen) atoms. The van der Waals surface area contributed by atoms with Crippen LogP contribution < -0.4 is 0 Å². The van der Waals surface area contributed by atoms with E-state index in [4.69, 9.17) is 11.6 Å². The lowest BCUT2D eigenvalue weighted by atomic mass is 10.1. The van der Waals surface area contributed by atoms with Gasteiger partial charge in [0.2, 0.25) is 5.91 Å². The first kappa shape index (κ1) is 14.8. The highest BCUT2D eigenvalue weighted by molar-refractivity contribution is 6.30. The van der Waals surface area contributed by atoms with Crippen LogP contribution >= 0.6 is 11.6 Å². The van der Waals surface area contributed by atoms with Crippen LogP contribution in [0.4, 0.5) is 0 Å². The maximum atomic E-state index is 12.9. The summed E-state index contributed by atoms with van der Waals surface area (Å²) in [7, 11) is 1.92. The van der Waals surface area contributed by atoms with Crippen LogP contribution in [0, 0.1) is 5.92 Å². The minimum atomic E-state index is 0.116. The van der Waals surface area contributed by atoms with Gasteiger partial charge in [0.05, 0.1) is 12.2 Å². The SMILES string of the molecule is Cn1cc([C@@H]2CCCN2C(=O)[C@H]2C[C@H]2c2cccc(Cl)c2)cn1. The number of likely N-dealkylation sites (tertiary alicyclic amines) is 1. The van der Waals surface area contributed by atoms with Crippen LogP contribution in [0.25, 0.3) is 0 Å². The smallest absolute Gasteiger partial charge is 0.226 e. The van der Waals surface area contributed by atoms with Crippen LogP contribution in [0.5, 0.6) is 0 Å². The number of aryl methyl sites for hydroxylation is 1. The summed E-state index contributed by atoms with van der Waals surface area (Å²) in [4.78, 5) is 15.0. The molecular formula is C18H20ClN3O. The molecule has 2 aromatic rings. The summed E-state index contributed by atoms with van der Waals surface area (Å²) in [5, 5.41) is 5.00. The van der Waals surface area contributed by atoms with Crippen molar-refractivity contribution in [3.8, 4) is 0 Å². The molecule has 120 valence electrons. The highest BCUT2D eigenvalue weighted by atomic mass is 35.5. The fraction of sp³-hybridized carbons (Fsp3) is 0.444. The number of amides is 1. The third-order valence-electron chi connectivity index (χ3n) is 5.03. The van der Waals surface area contributed by atoms with Gasteiger partial charge in [-0.05, 0) is 42.9 Å². The van der Waals surface area contributed by atoms with Crippen molar-refractivity contribution in [1.29, 1.82) is 0 Å². The molecule has 1 aromatic heterocycles. The average molecular weight is 330 g/mol. The van der Waals surface area contributed by atoms with Gasteiger partial charge in [0.25, 0.3) is 0 Å². The molecule has 0 N–H and O–H groups in total. The molecule has 1 amide bonds. The van der Waals surface area contributed by atoms with Gasteiger partial charge < -0.3 is 4.90 Å². The molecule has 3 atom stereocenters. The van der Waals surface area contributed by atoms with E-state index in [1.807, 2.05) is 42.3 Å². The molecule has 2 fully saturated rings. The quantitative estimate of drug-likeness (QED) is 0.863. The lowest BCUT2D eigenvalue weighted by molar-refractivity contribution is -0.133. The van der Waals surface area contributed by atoms with E-state index < -0.39 is 0 Å². The van der Waals surface area contributed by atoms with Gasteiger partial charge in [0, 0.05) is 36.3 Å². The Bertz CT molecular complexity index is 741. The summed E-state index contributed by atoms with van der Waals surface area (Å²) in [5.41, 5.74) is 2.34. The minimum Gasteiger partial charge on any atom is -0.335 e. The van der Waals surface area contributed by atoms with Crippen LogP contribution in [0.2, 0.25) is 5.02 Å². The number of carbonyl (C=O) groups is 1. The maximum absolute atomic E-state index is 12.9. The van der Waals surface area contributed by atoms with E-state index in [1.54, 1.807) is 0 Å². The number of nitrogens with zero attached hydrogens (tertiary/aromatic N) is 3. The second kappa shape index (κ2) is 5.68. The number of hydrogen-bond acceptors (Lipinski definition) is 2. The molecule has 0 radical (unpaired) electrons. The summed E-state index contributed by atoms with van der Waals surface area (Å²) in [6.07, 6.45) is 6.95. The molecule has 0 spiro atoms. The molecule has 5 heteroatoms. The Kier molecular flexibility index (Phi) is 3.64. The second-order valence-electron chi connectivity index (χ2n) is 6.64. The first-order valence-electron chi connectivity index (χ1n) is 8.18. The number of carbonyl (C=O) groups excluding carboxylic acids is 1. The van der Waals surface area contributed by atoms with E-state index in [2.05, 4.69) is 16.1 Å². The normalized spacial score (nSPS) is 26.5. The minimum absolute atomic E-state index is 0.116. The molecule has 1 aromatic carbocycles. The molecule has 0 unspecified atom stereocenters. The number of halogens is 1. The van der Waals surface area contributed by atoms with Gasteiger partial charge in [-0.3, -0.25) is 9.48 Å². The Morgan fingerprint density at radius 3 is 2.96 bits per heavy atom. The van der Waals surface area contributed by atoms with Gasteiger partial charge in [-0.1, -0.05) is 23.7 Å². The van der Waals surface area contributed by atoms with E-state index in [1.165, 1.54) is 5.56 Å². The van der Waals surface area contributed by atoms with E-state index in [-0.39, 0.29) is 12.0 Å². The Morgan fingerprint density at radius 2 is 2.22 bits per heavy atom. The molecule has 4 nitrogen and oxygen atoms in total. The van der Waals surface area contributed by atoms with Crippen molar-refractivity contribution in [2.45, 2.75) is 31.2 Å². The third kappa shape index (κ3) is 2.76. The number of hydrogen-bond donors (Lipinski definition) is 0. The van der Waals surface area contributed by atoms with Crippen molar-refractivity contribution in [2.75, 3.05) is 6.54 Å². The molecule has 4 rings (SSSR count).